The normalized spacial score (nSPS) is 20.8. The second-order valence-electron chi connectivity index (χ2n) is 10.8. The number of alkyl halides is 1. The van der Waals surface area contributed by atoms with E-state index in [1.807, 2.05) is 12.1 Å². The Morgan fingerprint density at radius 2 is 2.05 bits per heavy atom. The topological polar surface area (TPSA) is 43.0 Å². The summed E-state index contributed by atoms with van der Waals surface area (Å²) in [5.41, 5.74) is 7.87. The van der Waals surface area contributed by atoms with Crippen LogP contribution in [0.1, 0.15) is 48.8 Å². The third-order valence-electron chi connectivity index (χ3n) is 8.12. The highest BCUT2D eigenvalue weighted by Gasteiger charge is 2.25. The summed E-state index contributed by atoms with van der Waals surface area (Å²) in [6.45, 7) is 3.76. The van der Waals surface area contributed by atoms with Gasteiger partial charge in [-0.1, -0.05) is 30.4 Å². The summed E-state index contributed by atoms with van der Waals surface area (Å²) in [5, 5.41) is 3.47. The van der Waals surface area contributed by atoms with Gasteiger partial charge < -0.3 is 14.8 Å². The number of nitrogens with zero attached hydrogens (tertiary/aromatic N) is 1. The lowest BCUT2D eigenvalue weighted by Crippen LogP contribution is -2.24. The van der Waals surface area contributed by atoms with E-state index in [1.54, 1.807) is 6.07 Å². The maximum atomic E-state index is 13.1. The fourth-order valence-corrected chi connectivity index (χ4v) is 6.22. The van der Waals surface area contributed by atoms with Gasteiger partial charge in [-0.3, -0.25) is 14.2 Å². The highest BCUT2D eigenvalue weighted by molar-refractivity contribution is 6.01. The first-order valence-electron chi connectivity index (χ1n) is 14.4. The molecule has 1 atom stereocenters. The minimum atomic E-state index is -0.273. The first-order chi connectivity index (χ1) is 19.7. The fourth-order valence-electron chi connectivity index (χ4n) is 6.22. The lowest BCUT2D eigenvalue weighted by Gasteiger charge is -2.22. The van der Waals surface area contributed by atoms with Gasteiger partial charge in [0.1, 0.15) is 24.2 Å². The molecule has 1 saturated heterocycles. The molecule has 1 N–H and O–H groups in total. The Labute approximate surface area is 234 Å². The molecule has 2 aromatic carbocycles. The summed E-state index contributed by atoms with van der Waals surface area (Å²) in [5.74, 6) is 2.05. The molecule has 40 heavy (non-hydrogen) atoms. The number of likely N-dealkylation sites (tertiary alicyclic amines) is 1. The van der Waals surface area contributed by atoms with E-state index in [0.717, 1.165) is 96.9 Å². The number of halogens is 2. The van der Waals surface area contributed by atoms with E-state index in [0.29, 0.717) is 19.4 Å². The Morgan fingerprint density at radius 3 is 2.95 bits per heavy atom. The van der Waals surface area contributed by atoms with Crippen LogP contribution in [0, 0.1) is 0 Å². The minimum Gasteiger partial charge on any atom is -0.493 e. The second-order valence-corrected chi connectivity index (χ2v) is 10.8. The number of benzene rings is 2. The standard InChI is InChI=1S/C33H36F2N2O3/c34-15-3-17-37-18-14-28(22-37)39-26-6-1-4-23(8-10-26)33-29(25-9-13-32-31(21-25)36-16-19-38-32)7-2-5-24-20-27(40-35)11-12-30(24)33/h1,4,8-13,20-21,28,36H,2-3,5-7,14-19,22H2/t28-/m0/s1. The molecular formula is C33H36F2N2O3. The molecule has 0 spiro atoms. The molecule has 0 unspecified atom stereocenters. The second kappa shape index (κ2) is 12.3. The molecule has 210 valence electrons. The highest BCUT2D eigenvalue weighted by atomic mass is 19.3. The van der Waals surface area contributed by atoms with Crippen molar-refractivity contribution in [1.82, 2.24) is 4.90 Å². The predicted octanol–water partition coefficient (Wildman–Crippen LogP) is 7.22. The van der Waals surface area contributed by atoms with E-state index in [4.69, 9.17) is 9.47 Å². The quantitative estimate of drug-likeness (QED) is 0.379. The van der Waals surface area contributed by atoms with Crippen molar-refractivity contribution in [2.24, 2.45) is 0 Å². The number of hydrogen-bond donors (Lipinski definition) is 1. The Bertz CT molecular complexity index is 1360. The van der Waals surface area contributed by atoms with Crippen molar-refractivity contribution in [2.45, 2.75) is 44.6 Å². The van der Waals surface area contributed by atoms with Crippen molar-refractivity contribution in [3.05, 3.63) is 88.7 Å². The van der Waals surface area contributed by atoms with E-state index < -0.39 is 0 Å². The average Bonchev–Trinajstić information content (AvgIpc) is 3.19. The van der Waals surface area contributed by atoms with E-state index in [2.05, 4.69) is 57.7 Å². The van der Waals surface area contributed by atoms with Crippen molar-refractivity contribution < 1.29 is 23.3 Å². The van der Waals surface area contributed by atoms with Gasteiger partial charge >= 0.3 is 0 Å². The van der Waals surface area contributed by atoms with E-state index >= 15 is 0 Å². The van der Waals surface area contributed by atoms with Gasteiger partial charge in [0.25, 0.3) is 0 Å². The first-order valence-corrected chi connectivity index (χ1v) is 14.4. The van der Waals surface area contributed by atoms with Crippen LogP contribution < -0.4 is 15.0 Å². The van der Waals surface area contributed by atoms with Crippen molar-refractivity contribution in [3.8, 4) is 11.5 Å². The zero-order valence-electron chi connectivity index (χ0n) is 22.8. The SMILES string of the molecule is FCCCN1CC[C@H](OC2=CC=C(C3=C(c4ccc5c(c4)NCCO5)CCCc4cc(OF)ccc43)C=CC2)C1. The van der Waals surface area contributed by atoms with Crippen LogP contribution in [0.25, 0.3) is 11.1 Å². The molecular weight excluding hydrogens is 510 g/mol. The molecule has 2 aliphatic heterocycles. The summed E-state index contributed by atoms with van der Waals surface area (Å²) in [7, 11) is 0. The van der Waals surface area contributed by atoms with Gasteiger partial charge in [0.2, 0.25) is 0 Å². The van der Waals surface area contributed by atoms with Crippen LogP contribution in [-0.2, 0) is 11.2 Å². The predicted molar refractivity (Wildman–Crippen MR) is 155 cm³/mol. The monoisotopic (exact) mass is 546 g/mol. The summed E-state index contributed by atoms with van der Waals surface area (Å²) < 4.78 is 37.9. The Morgan fingerprint density at radius 1 is 1.10 bits per heavy atom. The van der Waals surface area contributed by atoms with Crippen molar-refractivity contribution >= 4 is 16.8 Å². The number of ether oxygens (including phenoxy) is 2. The summed E-state index contributed by atoms with van der Waals surface area (Å²) >= 11 is 0. The molecule has 0 amide bonds. The minimum absolute atomic E-state index is 0.131. The third-order valence-corrected chi connectivity index (χ3v) is 8.12. The summed E-state index contributed by atoms with van der Waals surface area (Å²) in [6.07, 6.45) is 13.7. The summed E-state index contributed by atoms with van der Waals surface area (Å²) in [4.78, 5) is 6.37. The Hall–Kier alpha value is -3.58. The van der Waals surface area contributed by atoms with Gasteiger partial charge in [0, 0.05) is 37.1 Å². The van der Waals surface area contributed by atoms with E-state index in [9.17, 15) is 8.92 Å². The number of allylic oxidation sites excluding steroid dienone is 7. The van der Waals surface area contributed by atoms with Gasteiger partial charge in [-0.25, -0.2) is 0 Å². The van der Waals surface area contributed by atoms with Crippen LogP contribution in [0.3, 0.4) is 0 Å². The van der Waals surface area contributed by atoms with Crippen LogP contribution in [-0.4, -0.2) is 50.5 Å². The van der Waals surface area contributed by atoms with Gasteiger partial charge in [0.15, 0.2) is 5.75 Å². The average molecular weight is 547 g/mol. The molecule has 5 nitrogen and oxygen atoms in total. The lowest BCUT2D eigenvalue weighted by molar-refractivity contribution is -0.00629. The zero-order valence-corrected chi connectivity index (χ0v) is 22.8. The molecule has 0 radical (unpaired) electrons. The molecule has 0 aromatic heterocycles. The molecule has 2 aromatic rings. The third kappa shape index (κ3) is 5.80. The van der Waals surface area contributed by atoms with Gasteiger partial charge in [-0.15, -0.1) is 0 Å². The van der Waals surface area contributed by atoms with Crippen molar-refractivity contribution in [3.63, 3.8) is 0 Å². The number of nitrogens with one attached hydrogen (secondary N) is 1. The number of anilines is 1. The van der Waals surface area contributed by atoms with Crippen LogP contribution in [0.15, 0.2) is 72.0 Å². The smallest absolute Gasteiger partial charge is 0.172 e. The lowest BCUT2D eigenvalue weighted by atomic mass is 9.87. The maximum absolute atomic E-state index is 13.1. The van der Waals surface area contributed by atoms with E-state index in [1.165, 1.54) is 5.57 Å². The molecule has 1 fully saturated rings. The van der Waals surface area contributed by atoms with Crippen LogP contribution in [0.4, 0.5) is 14.6 Å². The van der Waals surface area contributed by atoms with Gasteiger partial charge in [-0.2, -0.15) is 0 Å². The Kier molecular flexibility index (Phi) is 8.19. The summed E-state index contributed by atoms with van der Waals surface area (Å²) in [6, 6.07) is 11.9. The van der Waals surface area contributed by atoms with Crippen LogP contribution >= 0.6 is 0 Å². The van der Waals surface area contributed by atoms with Gasteiger partial charge in [0.05, 0.1) is 12.4 Å². The largest absolute Gasteiger partial charge is 0.493 e. The molecule has 4 aliphatic rings. The number of hydrogen-bond acceptors (Lipinski definition) is 5. The maximum Gasteiger partial charge on any atom is 0.172 e. The molecule has 7 heteroatoms. The highest BCUT2D eigenvalue weighted by Crippen LogP contribution is 2.43. The van der Waals surface area contributed by atoms with Crippen LogP contribution in [0.2, 0.25) is 0 Å². The molecule has 2 aliphatic carbocycles. The number of aryl methyl sites for hydroxylation is 1. The Balaban J connectivity index is 1.36. The fraction of sp³-hybridized carbons (Fsp3) is 0.394. The van der Waals surface area contributed by atoms with Crippen molar-refractivity contribution in [1.29, 1.82) is 0 Å². The van der Waals surface area contributed by atoms with Crippen molar-refractivity contribution in [2.75, 3.05) is 44.8 Å². The van der Waals surface area contributed by atoms with Gasteiger partial charge in [-0.05, 0) is 95.9 Å². The molecule has 0 bridgehead atoms. The first kappa shape index (κ1) is 26.6. The molecule has 2 heterocycles. The number of rotatable bonds is 8. The molecule has 0 saturated carbocycles. The number of fused-ring (bicyclic) bond motifs is 2. The van der Waals surface area contributed by atoms with E-state index in [-0.39, 0.29) is 18.5 Å². The zero-order chi connectivity index (χ0) is 27.3. The van der Waals surface area contributed by atoms with Crippen LogP contribution in [0.5, 0.6) is 11.5 Å². The molecule has 6 rings (SSSR count).